The van der Waals surface area contributed by atoms with Crippen molar-refractivity contribution in [1.29, 1.82) is 0 Å². The van der Waals surface area contributed by atoms with E-state index in [4.69, 9.17) is 4.74 Å². The molecule has 0 amide bonds. The lowest BCUT2D eigenvalue weighted by atomic mass is 9.85. The van der Waals surface area contributed by atoms with E-state index in [9.17, 15) is 0 Å². The lowest BCUT2D eigenvalue weighted by molar-refractivity contribution is 0.298. The second kappa shape index (κ2) is 7.68. The zero-order valence-electron chi connectivity index (χ0n) is 14.0. The van der Waals surface area contributed by atoms with E-state index in [0.29, 0.717) is 6.04 Å². The first kappa shape index (κ1) is 17.0. The maximum Gasteiger partial charge on any atom is 0.123 e. The first-order chi connectivity index (χ1) is 9.38. The average Bonchev–Trinajstić information content (AvgIpc) is 2.42. The van der Waals surface area contributed by atoms with Crippen molar-refractivity contribution >= 4 is 0 Å². The summed E-state index contributed by atoms with van der Waals surface area (Å²) in [5.74, 6) is 1.03. The molecule has 0 aliphatic heterocycles. The average molecular weight is 277 g/mol. The molecule has 0 saturated carbocycles. The van der Waals surface area contributed by atoms with Gasteiger partial charge in [0.2, 0.25) is 0 Å². The van der Waals surface area contributed by atoms with Crippen LogP contribution in [0.1, 0.15) is 59.1 Å². The summed E-state index contributed by atoms with van der Waals surface area (Å²) in [5, 5.41) is 3.46. The van der Waals surface area contributed by atoms with Gasteiger partial charge in [-0.2, -0.15) is 0 Å². The highest BCUT2D eigenvalue weighted by Gasteiger charge is 2.19. The van der Waals surface area contributed by atoms with E-state index in [1.807, 2.05) is 0 Å². The number of aryl methyl sites for hydroxylation is 1. The molecule has 0 fully saturated rings. The largest absolute Gasteiger partial charge is 0.492 e. The lowest BCUT2D eigenvalue weighted by Crippen LogP contribution is -2.29. The molecule has 1 atom stereocenters. The molecule has 1 N–H and O–H groups in total. The van der Waals surface area contributed by atoms with Gasteiger partial charge < -0.3 is 10.1 Å². The number of ether oxygens (including phenoxy) is 1. The van der Waals surface area contributed by atoms with E-state index in [1.54, 1.807) is 0 Å². The Hall–Kier alpha value is -1.02. The van der Waals surface area contributed by atoms with Crippen LogP contribution in [0.4, 0.5) is 0 Å². The Balaban J connectivity index is 2.69. The van der Waals surface area contributed by atoms with Gasteiger partial charge in [-0.3, -0.25) is 0 Å². The number of nitrogens with one attached hydrogen (secondary N) is 1. The maximum atomic E-state index is 6.00. The van der Waals surface area contributed by atoms with Crippen molar-refractivity contribution in [2.24, 2.45) is 0 Å². The van der Waals surface area contributed by atoms with Gasteiger partial charge in [0.25, 0.3) is 0 Å². The molecule has 0 heterocycles. The fourth-order valence-electron chi connectivity index (χ4n) is 2.12. The Labute approximate surface area is 124 Å². The summed E-state index contributed by atoms with van der Waals surface area (Å²) in [6.07, 6.45) is 2.22. The van der Waals surface area contributed by atoms with Crippen molar-refractivity contribution in [1.82, 2.24) is 5.32 Å². The summed E-state index contributed by atoms with van der Waals surface area (Å²) in [4.78, 5) is 0. The standard InChI is InChI=1S/C18H31NO/c1-7-14(3)19-11-12-20-17-10-9-15(8-2)13-16(17)18(4,5)6/h9-10,13-14,19H,7-8,11-12H2,1-6H3. The predicted octanol–water partition coefficient (Wildman–Crippen LogP) is 4.31. The van der Waals surface area contributed by atoms with Gasteiger partial charge in [-0.1, -0.05) is 46.8 Å². The second-order valence-electron chi connectivity index (χ2n) is 6.55. The molecule has 114 valence electrons. The summed E-state index contributed by atoms with van der Waals surface area (Å²) in [6, 6.07) is 7.15. The third-order valence-corrected chi connectivity index (χ3v) is 3.73. The number of rotatable bonds is 7. The molecule has 0 saturated heterocycles. The van der Waals surface area contributed by atoms with Gasteiger partial charge in [0.15, 0.2) is 0 Å². The van der Waals surface area contributed by atoms with Crippen LogP contribution < -0.4 is 10.1 Å². The Morgan fingerprint density at radius 2 is 1.90 bits per heavy atom. The van der Waals surface area contributed by atoms with Gasteiger partial charge in [0, 0.05) is 12.6 Å². The Bertz CT molecular complexity index is 406. The van der Waals surface area contributed by atoms with Gasteiger partial charge in [0.05, 0.1) is 0 Å². The normalized spacial score (nSPS) is 13.3. The van der Waals surface area contributed by atoms with E-state index >= 15 is 0 Å². The van der Waals surface area contributed by atoms with Crippen LogP contribution in [0, 0.1) is 0 Å². The van der Waals surface area contributed by atoms with Crippen molar-refractivity contribution in [3.63, 3.8) is 0 Å². The van der Waals surface area contributed by atoms with Crippen LogP contribution in [-0.4, -0.2) is 19.2 Å². The van der Waals surface area contributed by atoms with Crippen LogP contribution in [-0.2, 0) is 11.8 Å². The fraction of sp³-hybridized carbons (Fsp3) is 0.667. The Kier molecular flexibility index (Phi) is 6.54. The third kappa shape index (κ3) is 5.16. The molecule has 2 heteroatoms. The monoisotopic (exact) mass is 277 g/mol. The first-order valence-electron chi connectivity index (χ1n) is 7.88. The molecule has 0 radical (unpaired) electrons. The lowest BCUT2D eigenvalue weighted by Gasteiger charge is -2.24. The maximum absolute atomic E-state index is 6.00. The molecular formula is C18H31NO. The van der Waals surface area contributed by atoms with Crippen LogP contribution in [0.2, 0.25) is 0 Å². The van der Waals surface area contributed by atoms with E-state index < -0.39 is 0 Å². The molecule has 0 bridgehead atoms. The molecule has 1 aromatic carbocycles. The van der Waals surface area contributed by atoms with Crippen molar-refractivity contribution in [2.75, 3.05) is 13.2 Å². The molecule has 20 heavy (non-hydrogen) atoms. The Morgan fingerprint density at radius 1 is 1.20 bits per heavy atom. The van der Waals surface area contributed by atoms with E-state index in [2.05, 4.69) is 65.1 Å². The molecule has 0 aliphatic carbocycles. The van der Waals surface area contributed by atoms with Crippen molar-refractivity contribution in [3.8, 4) is 5.75 Å². The third-order valence-electron chi connectivity index (χ3n) is 3.73. The predicted molar refractivity (Wildman–Crippen MR) is 87.8 cm³/mol. The number of benzene rings is 1. The zero-order valence-corrected chi connectivity index (χ0v) is 14.0. The van der Waals surface area contributed by atoms with Crippen molar-refractivity contribution in [2.45, 2.75) is 65.8 Å². The first-order valence-corrected chi connectivity index (χ1v) is 7.88. The minimum absolute atomic E-state index is 0.116. The minimum atomic E-state index is 0.116. The summed E-state index contributed by atoms with van der Waals surface area (Å²) in [7, 11) is 0. The van der Waals surface area contributed by atoms with Gasteiger partial charge in [0.1, 0.15) is 12.4 Å². The molecule has 2 nitrogen and oxygen atoms in total. The number of hydrogen-bond donors (Lipinski definition) is 1. The molecule has 0 spiro atoms. The van der Waals surface area contributed by atoms with Gasteiger partial charge in [-0.15, -0.1) is 0 Å². The Morgan fingerprint density at radius 3 is 2.45 bits per heavy atom. The minimum Gasteiger partial charge on any atom is -0.492 e. The smallest absolute Gasteiger partial charge is 0.123 e. The summed E-state index contributed by atoms with van der Waals surface area (Å²) >= 11 is 0. The van der Waals surface area contributed by atoms with Crippen LogP contribution >= 0.6 is 0 Å². The highest BCUT2D eigenvalue weighted by atomic mass is 16.5. The quantitative estimate of drug-likeness (QED) is 0.750. The summed E-state index contributed by atoms with van der Waals surface area (Å²) < 4.78 is 6.00. The van der Waals surface area contributed by atoms with Crippen LogP contribution in [0.5, 0.6) is 5.75 Å². The second-order valence-corrected chi connectivity index (χ2v) is 6.55. The van der Waals surface area contributed by atoms with Gasteiger partial charge >= 0.3 is 0 Å². The molecule has 0 aliphatic rings. The van der Waals surface area contributed by atoms with Crippen molar-refractivity contribution in [3.05, 3.63) is 29.3 Å². The molecule has 1 aromatic rings. The summed E-state index contributed by atoms with van der Waals surface area (Å²) in [6.45, 7) is 14.9. The van der Waals surface area contributed by atoms with Crippen LogP contribution in [0.15, 0.2) is 18.2 Å². The van der Waals surface area contributed by atoms with E-state index in [-0.39, 0.29) is 5.41 Å². The van der Waals surface area contributed by atoms with Gasteiger partial charge in [-0.05, 0) is 42.4 Å². The highest BCUT2D eigenvalue weighted by molar-refractivity contribution is 5.41. The zero-order chi connectivity index (χ0) is 15.2. The summed E-state index contributed by atoms with van der Waals surface area (Å²) in [5.41, 5.74) is 2.80. The number of hydrogen-bond acceptors (Lipinski definition) is 2. The fourth-order valence-corrected chi connectivity index (χ4v) is 2.12. The molecule has 1 rings (SSSR count). The van der Waals surface area contributed by atoms with E-state index in [0.717, 1.165) is 31.7 Å². The molecule has 0 aromatic heterocycles. The molecule has 1 unspecified atom stereocenters. The van der Waals surface area contributed by atoms with Crippen LogP contribution in [0.3, 0.4) is 0 Å². The highest BCUT2D eigenvalue weighted by Crippen LogP contribution is 2.32. The molecular weight excluding hydrogens is 246 g/mol. The van der Waals surface area contributed by atoms with Gasteiger partial charge in [-0.25, -0.2) is 0 Å². The topological polar surface area (TPSA) is 21.3 Å². The van der Waals surface area contributed by atoms with Crippen LogP contribution in [0.25, 0.3) is 0 Å². The van der Waals surface area contributed by atoms with E-state index in [1.165, 1.54) is 11.1 Å². The SMILES string of the molecule is CCc1ccc(OCCNC(C)CC)c(C(C)(C)C)c1. The van der Waals surface area contributed by atoms with Crippen molar-refractivity contribution < 1.29 is 4.74 Å².